The van der Waals surface area contributed by atoms with Crippen molar-refractivity contribution in [3.63, 3.8) is 0 Å². The molecule has 2 nitrogen and oxygen atoms in total. The minimum Gasteiger partial charge on any atom is -0.306 e. The molecule has 0 N–H and O–H groups in total. The standard InChI is InChI=1S/C13H15FN2/c1-13(2,3)10-6-11(14)8-12(7-10)16-5-4-15-9-16/h4-9H,1-3H3. The van der Waals surface area contributed by atoms with Crippen molar-refractivity contribution in [3.05, 3.63) is 48.3 Å². The molecular weight excluding hydrogens is 203 g/mol. The number of nitrogens with zero attached hydrogens (tertiary/aromatic N) is 2. The number of benzene rings is 1. The number of aromatic nitrogens is 2. The summed E-state index contributed by atoms with van der Waals surface area (Å²) in [6, 6.07) is 5.09. The average molecular weight is 218 g/mol. The minimum atomic E-state index is -0.212. The second-order valence-electron chi connectivity index (χ2n) is 4.92. The minimum absolute atomic E-state index is 0.0581. The van der Waals surface area contributed by atoms with E-state index in [2.05, 4.69) is 25.8 Å². The van der Waals surface area contributed by atoms with E-state index in [1.165, 1.54) is 6.07 Å². The van der Waals surface area contributed by atoms with Gasteiger partial charge in [0.1, 0.15) is 5.82 Å². The molecule has 0 aliphatic carbocycles. The van der Waals surface area contributed by atoms with Gasteiger partial charge >= 0.3 is 0 Å². The fourth-order valence-electron chi connectivity index (χ4n) is 1.57. The third-order valence-corrected chi connectivity index (χ3v) is 2.55. The lowest BCUT2D eigenvalue weighted by atomic mass is 9.87. The molecule has 0 saturated heterocycles. The Morgan fingerprint density at radius 2 is 1.94 bits per heavy atom. The van der Waals surface area contributed by atoms with Crippen LogP contribution < -0.4 is 0 Å². The highest BCUT2D eigenvalue weighted by molar-refractivity contribution is 5.39. The summed E-state index contributed by atoms with van der Waals surface area (Å²) in [5.41, 5.74) is 1.73. The molecule has 2 rings (SSSR count). The molecular formula is C13H15FN2. The van der Waals surface area contributed by atoms with Crippen molar-refractivity contribution in [3.8, 4) is 5.69 Å². The van der Waals surface area contributed by atoms with E-state index in [1.807, 2.05) is 6.07 Å². The first-order chi connectivity index (χ1) is 7.47. The number of hydrogen-bond donors (Lipinski definition) is 0. The normalized spacial score (nSPS) is 11.8. The second-order valence-corrected chi connectivity index (χ2v) is 4.92. The first kappa shape index (κ1) is 10.9. The van der Waals surface area contributed by atoms with Gasteiger partial charge in [0.25, 0.3) is 0 Å². The lowest BCUT2D eigenvalue weighted by molar-refractivity contribution is 0.571. The van der Waals surface area contributed by atoms with Crippen molar-refractivity contribution in [2.24, 2.45) is 0 Å². The zero-order chi connectivity index (χ0) is 11.8. The Balaban J connectivity index is 2.53. The molecule has 0 fully saturated rings. The van der Waals surface area contributed by atoms with E-state index in [1.54, 1.807) is 29.4 Å². The maximum absolute atomic E-state index is 13.5. The third-order valence-electron chi connectivity index (χ3n) is 2.55. The molecule has 0 unspecified atom stereocenters. The highest BCUT2D eigenvalue weighted by atomic mass is 19.1. The molecule has 0 saturated carbocycles. The molecule has 0 aliphatic rings. The van der Waals surface area contributed by atoms with E-state index in [0.29, 0.717) is 0 Å². The molecule has 3 heteroatoms. The Kier molecular flexibility index (Phi) is 2.54. The molecule has 84 valence electrons. The van der Waals surface area contributed by atoms with Gasteiger partial charge in [-0.25, -0.2) is 9.37 Å². The van der Waals surface area contributed by atoms with Crippen LogP contribution in [0.3, 0.4) is 0 Å². The van der Waals surface area contributed by atoms with Gasteiger partial charge < -0.3 is 4.57 Å². The summed E-state index contributed by atoms with van der Waals surface area (Å²) in [6.07, 6.45) is 5.16. The van der Waals surface area contributed by atoms with Crippen LogP contribution in [0.1, 0.15) is 26.3 Å². The predicted octanol–water partition coefficient (Wildman–Crippen LogP) is 3.31. The lowest BCUT2D eigenvalue weighted by Crippen LogP contribution is -2.12. The van der Waals surface area contributed by atoms with E-state index < -0.39 is 0 Å². The van der Waals surface area contributed by atoms with Crippen LogP contribution in [0.5, 0.6) is 0 Å². The summed E-state index contributed by atoms with van der Waals surface area (Å²) in [5, 5.41) is 0. The number of halogens is 1. The quantitative estimate of drug-likeness (QED) is 0.718. The van der Waals surface area contributed by atoms with Gasteiger partial charge in [0.15, 0.2) is 0 Å². The van der Waals surface area contributed by atoms with Crippen LogP contribution in [-0.4, -0.2) is 9.55 Å². The lowest BCUT2D eigenvalue weighted by Gasteiger charge is -2.20. The molecule has 1 aromatic carbocycles. The Morgan fingerprint density at radius 3 is 2.50 bits per heavy atom. The summed E-state index contributed by atoms with van der Waals surface area (Å²) >= 11 is 0. The topological polar surface area (TPSA) is 17.8 Å². The van der Waals surface area contributed by atoms with Gasteiger partial charge in [0, 0.05) is 18.1 Å². The smallest absolute Gasteiger partial charge is 0.125 e. The Morgan fingerprint density at radius 1 is 1.19 bits per heavy atom. The van der Waals surface area contributed by atoms with E-state index >= 15 is 0 Å². The van der Waals surface area contributed by atoms with Crippen LogP contribution >= 0.6 is 0 Å². The highest BCUT2D eigenvalue weighted by Gasteiger charge is 2.15. The van der Waals surface area contributed by atoms with Crippen molar-refractivity contribution >= 4 is 0 Å². The van der Waals surface area contributed by atoms with E-state index in [9.17, 15) is 4.39 Å². The summed E-state index contributed by atoms with van der Waals surface area (Å²) in [6.45, 7) is 6.21. The van der Waals surface area contributed by atoms with Crippen molar-refractivity contribution in [1.29, 1.82) is 0 Å². The van der Waals surface area contributed by atoms with Gasteiger partial charge in [-0.1, -0.05) is 20.8 Å². The number of imidazole rings is 1. The largest absolute Gasteiger partial charge is 0.306 e. The van der Waals surface area contributed by atoms with E-state index in [4.69, 9.17) is 0 Å². The predicted molar refractivity (Wildman–Crippen MR) is 62.2 cm³/mol. The fourth-order valence-corrected chi connectivity index (χ4v) is 1.57. The van der Waals surface area contributed by atoms with Crippen molar-refractivity contribution in [1.82, 2.24) is 9.55 Å². The van der Waals surface area contributed by atoms with E-state index in [0.717, 1.165) is 11.3 Å². The number of hydrogen-bond acceptors (Lipinski definition) is 1. The summed E-state index contributed by atoms with van der Waals surface area (Å²) in [5.74, 6) is -0.212. The van der Waals surface area contributed by atoms with Crippen LogP contribution in [0.25, 0.3) is 5.69 Å². The summed E-state index contributed by atoms with van der Waals surface area (Å²) < 4.78 is 15.3. The van der Waals surface area contributed by atoms with Gasteiger partial charge in [-0.05, 0) is 29.2 Å². The maximum atomic E-state index is 13.5. The fraction of sp³-hybridized carbons (Fsp3) is 0.308. The molecule has 0 amide bonds. The first-order valence-electron chi connectivity index (χ1n) is 5.26. The van der Waals surface area contributed by atoms with E-state index in [-0.39, 0.29) is 11.2 Å². The monoisotopic (exact) mass is 218 g/mol. The summed E-state index contributed by atoms with van der Waals surface area (Å²) in [4.78, 5) is 3.96. The van der Waals surface area contributed by atoms with Crippen LogP contribution in [-0.2, 0) is 5.41 Å². The molecule has 0 aliphatic heterocycles. The maximum Gasteiger partial charge on any atom is 0.125 e. The van der Waals surface area contributed by atoms with Crippen molar-refractivity contribution in [2.45, 2.75) is 26.2 Å². The van der Waals surface area contributed by atoms with Crippen LogP contribution in [0.4, 0.5) is 4.39 Å². The molecule has 0 spiro atoms. The average Bonchev–Trinajstić information content (AvgIpc) is 2.68. The zero-order valence-corrected chi connectivity index (χ0v) is 9.74. The molecule has 16 heavy (non-hydrogen) atoms. The zero-order valence-electron chi connectivity index (χ0n) is 9.74. The van der Waals surface area contributed by atoms with Crippen LogP contribution in [0.15, 0.2) is 36.9 Å². The molecule has 1 heterocycles. The Labute approximate surface area is 94.8 Å². The first-order valence-corrected chi connectivity index (χ1v) is 5.26. The summed E-state index contributed by atoms with van der Waals surface area (Å²) in [7, 11) is 0. The molecule has 0 atom stereocenters. The van der Waals surface area contributed by atoms with Gasteiger partial charge in [-0.2, -0.15) is 0 Å². The van der Waals surface area contributed by atoms with Gasteiger partial charge in [0.2, 0.25) is 0 Å². The van der Waals surface area contributed by atoms with Crippen molar-refractivity contribution < 1.29 is 4.39 Å². The second kappa shape index (κ2) is 3.74. The van der Waals surface area contributed by atoms with Gasteiger partial charge in [-0.3, -0.25) is 0 Å². The molecule has 0 bridgehead atoms. The SMILES string of the molecule is CC(C)(C)c1cc(F)cc(-n2ccnc2)c1. The number of rotatable bonds is 1. The van der Waals surface area contributed by atoms with Crippen LogP contribution in [0, 0.1) is 5.82 Å². The Hall–Kier alpha value is -1.64. The van der Waals surface area contributed by atoms with Crippen LogP contribution in [0.2, 0.25) is 0 Å². The molecule has 2 aromatic rings. The van der Waals surface area contributed by atoms with Crippen molar-refractivity contribution in [2.75, 3.05) is 0 Å². The highest BCUT2D eigenvalue weighted by Crippen LogP contribution is 2.25. The Bertz CT molecular complexity index is 481. The van der Waals surface area contributed by atoms with Gasteiger partial charge in [0.05, 0.1) is 6.33 Å². The molecule has 0 radical (unpaired) electrons. The van der Waals surface area contributed by atoms with Gasteiger partial charge in [-0.15, -0.1) is 0 Å². The molecule has 1 aromatic heterocycles. The third kappa shape index (κ3) is 2.13.